The van der Waals surface area contributed by atoms with Crippen LogP contribution in [0, 0.1) is 0 Å². The van der Waals surface area contributed by atoms with E-state index in [1.165, 1.54) is 10.8 Å². The van der Waals surface area contributed by atoms with E-state index in [9.17, 15) is 9.46 Å². The predicted octanol–water partition coefficient (Wildman–Crippen LogP) is 2.27. The highest BCUT2D eigenvalue weighted by Gasteiger charge is 2.18. The van der Waals surface area contributed by atoms with Crippen molar-refractivity contribution >= 4 is 25.0 Å². The van der Waals surface area contributed by atoms with Crippen LogP contribution in [0.1, 0.15) is 16.1 Å². The molecular weight excluding hydrogens is 455 g/mol. The number of rotatable bonds is 9. The first-order valence-electron chi connectivity index (χ1n) is 9.40. The fourth-order valence-electron chi connectivity index (χ4n) is 2.89. The van der Waals surface area contributed by atoms with Gasteiger partial charge in [-0.05, 0) is 29.1 Å². The van der Waals surface area contributed by atoms with Gasteiger partial charge in [0.05, 0.1) is 11.9 Å². The minimum Gasteiger partial charge on any atom is -0.756 e. The Morgan fingerprint density at radius 3 is 2.88 bits per heavy atom. The van der Waals surface area contributed by atoms with Gasteiger partial charge < -0.3 is 19.0 Å². The number of aromatic nitrogens is 3. The molecule has 0 saturated carbocycles. The first-order chi connectivity index (χ1) is 15.4. The fourth-order valence-corrected chi connectivity index (χ4v) is 3.78. The lowest BCUT2D eigenvalue weighted by Gasteiger charge is -2.14. The lowest BCUT2D eigenvalue weighted by Crippen LogP contribution is -2.38. The van der Waals surface area contributed by atoms with Gasteiger partial charge in [-0.2, -0.15) is 0 Å². The number of pyridine rings is 2. The Bertz CT molecular complexity index is 1220. The Hall–Kier alpha value is -3.08. The average Bonchev–Trinajstić information content (AvgIpc) is 3.44. The third-order valence-corrected chi connectivity index (χ3v) is 5.72. The summed E-state index contributed by atoms with van der Waals surface area (Å²) >= 11 is 1.63. The van der Waals surface area contributed by atoms with Gasteiger partial charge in [0.2, 0.25) is 5.88 Å². The topological polar surface area (TPSA) is 148 Å². The van der Waals surface area contributed by atoms with E-state index in [1.807, 2.05) is 23.6 Å². The number of nitrogen functional groups attached to an aromatic ring is 1. The fraction of sp³-hybridized carbons (Fsp3) is 0.150. The molecule has 4 aromatic rings. The lowest BCUT2D eigenvalue weighted by molar-refractivity contribution is -0.712. The van der Waals surface area contributed by atoms with Gasteiger partial charge >= 0.3 is 0 Å². The molecular formula is C20H19N4O6PS. The molecule has 0 aromatic carbocycles. The van der Waals surface area contributed by atoms with Crippen molar-refractivity contribution in [2.24, 2.45) is 0 Å². The number of anilines is 1. The van der Waals surface area contributed by atoms with Gasteiger partial charge in [-0.1, -0.05) is 17.3 Å². The number of nitrogens with zero attached hydrogens (tertiary/aromatic N) is 3. The molecule has 0 saturated heterocycles. The van der Waals surface area contributed by atoms with Crippen LogP contribution >= 0.6 is 19.2 Å². The van der Waals surface area contributed by atoms with Crippen molar-refractivity contribution in [3.63, 3.8) is 0 Å². The molecule has 32 heavy (non-hydrogen) atoms. The van der Waals surface area contributed by atoms with Crippen LogP contribution in [-0.4, -0.2) is 15.0 Å². The summed E-state index contributed by atoms with van der Waals surface area (Å²) in [5, 5.41) is 6.07. The second kappa shape index (κ2) is 9.60. The van der Waals surface area contributed by atoms with E-state index >= 15 is 0 Å². The maximum absolute atomic E-state index is 10.8. The summed E-state index contributed by atoms with van der Waals surface area (Å²) in [6.07, 6.45) is 3.72. The SMILES string of the molecule is Nc1c(-c2cc(Cc3ccc(OCc4cccs4)nc3)no2)ccc[n+]1COP(=O)([O-])O. The third kappa shape index (κ3) is 5.78. The van der Waals surface area contributed by atoms with E-state index in [4.69, 9.17) is 19.9 Å². The lowest BCUT2D eigenvalue weighted by atomic mass is 10.1. The number of thiophene rings is 1. The molecule has 0 spiro atoms. The van der Waals surface area contributed by atoms with Crippen molar-refractivity contribution in [2.75, 3.05) is 5.73 Å². The van der Waals surface area contributed by atoms with E-state index in [0.29, 0.717) is 35.9 Å². The van der Waals surface area contributed by atoms with Crippen LogP contribution in [0.5, 0.6) is 5.88 Å². The summed E-state index contributed by atoms with van der Waals surface area (Å²) < 4.78 is 27.6. The molecule has 0 fully saturated rings. The zero-order chi connectivity index (χ0) is 22.6. The van der Waals surface area contributed by atoms with Crippen LogP contribution in [-0.2, 0) is 28.8 Å². The first-order valence-corrected chi connectivity index (χ1v) is 11.8. The standard InChI is InChI=1S/C20H19N4O6PS/c21-20-17(4-1-7-24(20)13-29-31(25,26)27)18-10-15(23-30-18)9-14-5-6-19(22-11-14)28-12-16-3-2-8-32-16/h1-8,10-11,21H,9,12-13H2,(H2,25,26,27). The van der Waals surface area contributed by atoms with E-state index in [-0.39, 0.29) is 5.82 Å². The molecule has 0 bridgehead atoms. The highest BCUT2D eigenvalue weighted by Crippen LogP contribution is 2.30. The Morgan fingerprint density at radius 1 is 1.28 bits per heavy atom. The van der Waals surface area contributed by atoms with Crippen molar-refractivity contribution in [3.8, 4) is 17.2 Å². The molecule has 4 aromatic heterocycles. The minimum absolute atomic E-state index is 0.192. The summed E-state index contributed by atoms with van der Waals surface area (Å²) in [5.74, 6) is 1.14. The van der Waals surface area contributed by atoms with Crippen molar-refractivity contribution in [2.45, 2.75) is 19.8 Å². The number of nitrogens with two attached hydrogens (primary N) is 1. The highest BCUT2D eigenvalue weighted by molar-refractivity contribution is 7.44. The number of ether oxygens (including phenoxy) is 1. The number of hydrogen-bond acceptors (Lipinski definition) is 9. The highest BCUT2D eigenvalue weighted by atomic mass is 32.1. The molecule has 12 heteroatoms. The number of hydrogen-bond donors (Lipinski definition) is 2. The van der Waals surface area contributed by atoms with E-state index in [2.05, 4.69) is 14.7 Å². The molecule has 0 radical (unpaired) electrons. The van der Waals surface area contributed by atoms with Crippen LogP contribution in [0.3, 0.4) is 0 Å². The molecule has 10 nitrogen and oxygen atoms in total. The molecule has 0 amide bonds. The summed E-state index contributed by atoms with van der Waals surface area (Å²) in [7, 11) is -4.87. The number of phosphoric acid groups is 1. The Balaban J connectivity index is 1.41. The van der Waals surface area contributed by atoms with Crippen molar-refractivity contribution in [3.05, 3.63) is 76.4 Å². The molecule has 0 aliphatic rings. The van der Waals surface area contributed by atoms with Gasteiger partial charge in [0.15, 0.2) is 12.5 Å². The van der Waals surface area contributed by atoms with Gasteiger partial charge in [0.25, 0.3) is 13.6 Å². The number of phosphoric ester groups is 1. The van der Waals surface area contributed by atoms with E-state index in [0.717, 1.165) is 10.4 Å². The molecule has 3 N–H and O–H groups in total. The molecule has 4 rings (SSSR count). The van der Waals surface area contributed by atoms with Gasteiger partial charge in [0, 0.05) is 29.6 Å². The minimum atomic E-state index is -4.87. The molecule has 166 valence electrons. The Labute approximate surface area is 187 Å². The van der Waals surface area contributed by atoms with Gasteiger partial charge in [-0.25, -0.2) is 9.55 Å². The van der Waals surface area contributed by atoms with Gasteiger partial charge in [-0.15, -0.1) is 11.3 Å². The normalized spacial score (nSPS) is 13.1. The van der Waals surface area contributed by atoms with E-state index in [1.54, 1.807) is 41.8 Å². The molecule has 0 aliphatic heterocycles. The second-order valence-corrected chi connectivity index (χ2v) is 8.96. The molecule has 1 unspecified atom stereocenters. The Kier molecular flexibility index (Phi) is 6.63. The molecule has 1 atom stereocenters. The molecule has 4 heterocycles. The first kappa shape index (κ1) is 22.1. The van der Waals surface area contributed by atoms with Crippen LogP contribution in [0.4, 0.5) is 5.82 Å². The quantitative estimate of drug-likeness (QED) is 0.275. The van der Waals surface area contributed by atoms with Gasteiger partial charge in [-0.3, -0.25) is 14.8 Å². The zero-order valence-electron chi connectivity index (χ0n) is 16.7. The van der Waals surface area contributed by atoms with E-state index < -0.39 is 14.6 Å². The largest absolute Gasteiger partial charge is 0.756 e. The van der Waals surface area contributed by atoms with Crippen LogP contribution < -0.4 is 19.9 Å². The van der Waals surface area contributed by atoms with Gasteiger partial charge in [0.1, 0.15) is 12.2 Å². The summed E-state index contributed by atoms with van der Waals surface area (Å²) in [6, 6.07) is 12.8. The van der Waals surface area contributed by atoms with Crippen LogP contribution in [0.25, 0.3) is 11.3 Å². The van der Waals surface area contributed by atoms with Crippen molar-refractivity contribution in [1.82, 2.24) is 10.1 Å². The molecule has 0 aliphatic carbocycles. The monoisotopic (exact) mass is 474 g/mol. The maximum Gasteiger partial charge on any atom is 0.285 e. The van der Waals surface area contributed by atoms with Crippen molar-refractivity contribution in [1.29, 1.82) is 0 Å². The predicted molar refractivity (Wildman–Crippen MR) is 113 cm³/mol. The smallest absolute Gasteiger partial charge is 0.285 e. The maximum atomic E-state index is 10.8. The average molecular weight is 474 g/mol. The van der Waals surface area contributed by atoms with Crippen LogP contribution in [0.15, 0.2) is 64.8 Å². The van der Waals surface area contributed by atoms with Crippen LogP contribution in [0.2, 0.25) is 0 Å². The zero-order valence-corrected chi connectivity index (χ0v) is 18.4. The summed E-state index contributed by atoms with van der Waals surface area (Å²) in [5.41, 5.74) is 8.18. The Morgan fingerprint density at radius 2 is 2.16 bits per heavy atom. The van der Waals surface area contributed by atoms with Crippen molar-refractivity contribution < 1.29 is 32.7 Å². The third-order valence-electron chi connectivity index (χ3n) is 4.42. The summed E-state index contributed by atoms with van der Waals surface area (Å²) in [6.45, 7) is 0.00931. The summed E-state index contributed by atoms with van der Waals surface area (Å²) in [4.78, 5) is 25.0. The second-order valence-electron chi connectivity index (χ2n) is 6.74.